The van der Waals surface area contributed by atoms with Gasteiger partial charge in [-0.2, -0.15) is 11.3 Å². The zero-order chi connectivity index (χ0) is 41.1. The minimum atomic E-state index is -2.36. The summed E-state index contributed by atoms with van der Waals surface area (Å²) in [7, 11) is 0. The van der Waals surface area contributed by atoms with Gasteiger partial charge in [-0.15, -0.1) is 0 Å². The number of aliphatic hydroxyl groups excluding tert-OH is 2. The van der Waals surface area contributed by atoms with Crippen LogP contribution in [0.5, 0.6) is 0 Å². The molecule has 2 bridgehead atoms. The number of nitrogens with one attached hydrogen (secondary N) is 1. The minimum Gasteiger partial charge on any atom is -0.456 e. The Bertz CT molecular complexity index is 1950. The summed E-state index contributed by atoms with van der Waals surface area (Å²) < 4.78 is 30.0. The molecule has 3 aliphatic carbocycles. The van der Waals surface area contributed by atoms with Gasteiger partial charge in [0.2, 0.25) is 5.91 Å². The van der Waals surface area contributed by atoms with Gasteiger partial charge in [0.05, 0.1) is 35.6 Å². The predicted octanol–water partition coefficient (Wildman–Crippen LogP) is 2.50. The van der Waals surface area contributed by atoms with Crippen LogP contribution in [0.2, 0.25) is 0 Å². The van der Waals surface area contributed by atoms with E-state index in [2.05, 4.69) is 5.32 Å². The van der Waals surface area contributed by atoms with Gasteiger partial charge in [-0.3, -0.25) is 19.2 Å². The molecular formula is C40H47NO14S. The van der Waals surface area contributed by atoms with Crippen LogP contribution in [-0.4, -0.2) is 105 Å². The minimum absolute atomic E-state index is 0.0103. The number of rotatable bonds is 9. The SMILES string of the molecule is CC(=O)NC(c1ccsc1)C(O)C(=O)OC1CC2(O)C(OC(=O)c3ccccc3)C3C4(OC(C)=O)COC4CC(O)[C@@]3(C)C(=O)C(OC(C)=O)C(=C1C)C2(C)C. The highest BCUT2D eigenvalue weighted by Crippen LogP contribution is 2.64. The fourth-order valence-electron chi connectivity index (χ4n) is 9.38. The van der Waals surface area contributed by atoms with Crippen LogP contribution in [0.3, 0.4) is 0 Å². The highest BCUT2D eigenvalue weighted by molar-refractivity contribution is 7.08. The Morgan fingerprint density at radius 2 is 1.66 bits per heavy atom. The number of aliphatic hydroxyl groups is 3. The van der Waals surface area contributed by atoms with E-state index in [1.807, 2.05) is 0 Å². The lowest BCUT2D eigenvalue weighted by Gasteiger charge is -2.67. The molecule has 1 aliphatic heterocycles. The first-order valence-electron chi connectivity index (χ1n) is 18.3. The number of carbonyl (C=O) groups is 6. The second-order valence-corrected chi connectivity index (χ2v) is 16.6. The largest absolute Gasteiger partial charge is 0.456 e. The Hall–Kier alpha value is -4.48. The quantitative estimate of drug-likeness (QED) is 0.163. The molecule has 4 N–H and O–H groups in total. The molecule has 10 unspecified atom stereocenters. The molecule has 1 aromatic heterocycles. The Labute approximate surface area is 327 Å². The summed E-state index contributed by atoms with van der Waals surface area (Å²) in [4.78, 5) is 81.3. The first kappa shape index (κ1) is 41.2. The Balaban J connectivity index is 1.58. The molecule has 302 valence electrons. The fraction of sp³-hybridized carbons (Fsp3) is 0.550. The molecule has 2 saturated carbocycles. The molecular weight excluding hydrogens is 750 g/mol. The first-order valence-corrected chi connectivity index (χ1v) is 19.2. The van der Waals surface area contributed by atoms with Crippen molar-refractivity contribution in [1.29, 1.82) is 0 Å². The Morgan fingerprint density at radius 1 is 0.982 bits per heavy atom. The van der Waals surface area contributed by atoms with Crippen molar-refractivity contribution in [3.05, 3.63) is 69.4 Å². The number of ether oxygens (including phenoxy) is 5. The van der Waals surface area contributed by atoms with Crippen LogP contribution in [0.15, 0.2) is 58.3 Å². The van der Waals surface area contributed by atoms with Crippen molar-refractivity contribution >= 4 is 46.9 Å². The van der Waals surface area contributed by atoms with E-state index in [1.54, 1.807) is 48.9 Å². The Kier molecular flexibility index (Phi) is 10.9. The van der Waals surface area contributed by atoms with Crippen LogP contribution < -0.4 is 5.32 Å². The molecule has 11 atom stereocenters. The van der Waals surface area contributed by atoms with Crippen LogP contribution in [0.25, 0.3) is 0 Å². The van der Waals surface area contributed by atoms with E-state index in [0.29, 0.717) is 5.56 Å². The third-order valence-corrected chi connectivity index (χ3v) is 13.0. The third kappa shape index (κ3) is 6.54. The maximum absolute atomic E-state index is 15.3. The summed E-state index contributed by atoms with van der Waals surface area (Å²) in [6, 6.07) is 8.24. The number of carbonyl (C=O) groups excluding carboxylic acids is 6. The summed E-state index contributed by atoms with van der Waals surface area (Å²) in [5, 5.41) is 42.7. The number of Topliss-reactive ketones (excluding diaryl/α,β-unsaturated/α-hetero) is 1. The van der Waals surface area contributed by atoms with Crippen LogP contribution in [-0.2, 0) is 47.7 Å². The van der Waals surface area contributed by atoms with E-state index in [4.69, 9.17) is 23.7 Å². The van der Waals surface area contributed by atoms with Gasteiger partial charge in [-0.25, -0.2) is 9.59 Å². The van der Waals surface area contributed by atoms with Crippen molar-refractivity contribution < 1.29 is 67.8 Å². The number of fused-ring (bicyclic) bond motifs is 5. The van der Waals surface area contributed by atoms with Crippen LogP contribution in [0.4, 0.5) is 0 Å². The molecule has 16 heteroatoms. The highest BCUT2D eigenvalue weighted by atomic mass is 32.1. The average molecular weight is 798 g/mol. The summed E-state index contributed by atoms with van der Waals surface area (Å²) in [6.07, 6.45) is -10.3. The van der Waals surface area contributed by atoms with Crippen molar-refractivity contribution in [3.63, 3.8) is 0 Å². The van der Waals surface area contributed by atoms with Crippen molar-refractivity contribution in [3.8, 4) is 0 Å². The molecule has 1 aromatic carbocycles. The molecule has 2 aromatic rings. The van der Waals surface area contributed by atoms with Gasteiger partial charge in [-0.1, -0.05) is 32.0 Å². The number of ketones is 1. The number of esters is 4. The number of benzene rings is 1. The monoisotopic (exact) mass is 797 g/mol. The zero-order valence-electron chi connectivity index (χ0n) is 32.1. The van der Waals surface area contributed by atoms with Gasteiger partial charge in [0.25, 0.3) is 0 Å². The van der Waals surface area contributed by atoms with E-state index >= 15 is 4.79 Å². The van der Waals surface area contributed by atoms with Gasteiger partial charge in [0.15, 0.2) is 23.6 Å². The molecule has 4 aliphatic rings. The van der Waals surface area contributed by atoms with E-state index in [0.717, 1.165) is 13.8 Å². The number of amides is 1. The van der Waals surface area contributed by atoms with Gasteiger partial charge in [-0.05, 0) is 59.5 Å². The summed E-state index contributed by atoms with van der Waals surface area (Å²) in [6.45, 7) is 9.20. The van der Waals surface area contributed by atoms with Crippen molar-refractivity contribution in [2.45, 2.75) is 115 Å². The lowest BCUT2D eigenvalue weighted by molar-refractivity contribution is -0.346. The Morgan fingerprint density at radius 3 is 2.21 bits per heavy atom. The lowest BCUT2D eigenvalue weighted by Crippen LogP contribution is -2.82. The highest BCUT2D eigenvalue weighted by Gasteiger charge is 2.78. The molecule has 3 fully saturated rings. The zero-order valence-corrected chi connectivity index (χ0v) is 32.9. The van der Waals surface area contributed by atoms with Gasteiger partial charge in [0.1, 0.15) is 23.9 Å². The molecule has 0 spiro atoms. The van der Waals surface area contributed by atoms with Crippen LogP contribution >= 0.6 is 11.3 Å². The molecule has 15 nitrogen and oxygen atoms in total. The van der Waals surface area contributed by atoms with E-state index in [1.165, 1.54) is 44.2 Å². The molecule has 1 amide bonds. The summed E-state index contributed by atoms with van der Waals surface area (Å²) >= 11 is 1.27. The van der Waals surface area contributed by atoms with Gasteiger partial charge < -0.3 is 44.3 Å². The molecule has 2 heterocycles. The van der Waals surface area contributed by atoms with Crippen LogP contribution in [0.1, 0.15) is 83.3 Å². The normalized spacial score (nSPS) is 34.1. The maximum atomic E-state index is 15.3. The van der Waals surface area contributed by atoms with Crippen molar-refractivity contribution in [1.82, 2.24) is 5.32 Å². The smallest absolute Gasteiger partial charge is 0.338 e. The predicted molar refractivity (Wildman–Crippen MR) is 195 cm³/mol. The maximum Gasteiger partial charge on any atom is 0.338 e. The first-order chi connectivity index (χ1) is 26.2. The van der Waals surface area contributed by atoms with E-state index < -0.39 is 113 Å². The summed E-state index contributed by atoms with van der Waals surface area (Å²) in [5.74, 6) is -6.70. The number of hydrogen-bond donors (Lipinski definition) is 4. The van der Waals surface area contributed by atoms with E-state index in [-0.39, 0.29) is 29.7 Å². The molecule has 0 radical (unpaired) electrons. The average Bonchev–Trinajstić information content (AvgIpc) is 3.66. The third-order valence-electron chi connectivity index (χ3n) is 12.3. The van der Waals surface area contributed by atoms with Gasteiger partial charge in [0, 0.05) is 39.0 Å². The van der Waals surface area contributed by atoms with Gasteiger partial charge >= 0.3 is 23.9 Å². The number of thiophene rings is 1. The summed E-state index contributed by atoms with van der Waals surface area (Å²) in [5.41, 5.74) is -7.08. The standard InChI is InChI=1S/C40H47NO14S/c1-19-25(53-36(49)30(46)29(41-20(2)42)24-13-14-56-17-24)16-40(50)34(54-35(48)23-11-9-8-10-12-23)32-38(7,26(45)15-27-39(32,18-51-27)55-22(4)44)33(47)31(52-21(3)43)28(19)37(40,5)6/h8-14,17,25-27,29-32,34,45-46,50H,15-16,18H2,1-7H3,(H,41,42)/t25?,26?,27?,29?,30?,31?,32?,34?,38-,39?,40?/m1/s1. The van der Waals surface area contributed by atoms with Crippen molar-refractivity contribution in [2.75, 3.05) is 6.61 Å². The second kappa shape index (κ2) is 14.8. The molecule has 6 rings (SSSR count). The second-order valence-electron chi connectivity index (χ2n) is 15.9. The molecule has 56 heavy (non-hydrogen) atoms. The lowest BCUT2D eigenvalue weighted by atomic mass is 9.44. The fourth-order valence-corrected chi connectivity index (χ4v) is 10.1. The topological polar surface area (TPSA) is 221 Å². The molecule has 1 saturated heterocycles. The van der Waals surface area contributed by atoms with E-state index in [9.17, 15) is 39.3 Å². The van der Waals surface area contributed by atoms with Crippen molar-refractivity contribution in [2.24, 2.45) is 16.7 Å². The van der Waals surface area contributed by atoms with Crippen LogP contribution in [0, 0.1) is 16.7 Å². The number of hydrogen-bond acceptors (Lipinski definition) is 15.